The summed E-state index contributed by atoms with van der Waals surface area (Å²) in [5.41, 5.74) is 3.01. The minimum absolute atomic E-state index is 0.391. The summed E-state index contributed by atoms with van der Waals surface area (Å²) >= 11 is 0. The highest BCUT2D eigenvalue weighted by Crippen LogP contribution is 2.28. The fourth-order valence-corrected chi connectivity index (χ4v) is 2.31. The molecule has 1 unspecified atom stereocenters. The molecule has 0 aliphatic heterocycles. The highest BCUT2D eigenvalue weighted by Gasteiger charge is 2.19. The Hall–Kier alpha value is -0.830. The van der Waals surface area contributed by atoms with Crippen molar-refractivity contribution in [2.45, 2.75) is 59.9 Å². The number of aromatic nitrogens is 2. The zero-order chi connectivity index (χ0) is 13.8. The van der Waals surface area contributed by atoms with E-state index < -0.39 is 0 Å². The van der Waals surface area contributed by atoms with Crippen LogP contribution in [0.25, 0.3) is 0 Å². The molecule has 1 atom stereocenters. The second-order valence-electron chi connectivity index (χ2n) is 6.27. The van der Waals surface area contributed by atoms with Gasteiger partial charge in [-0.15, -0.1) is 0 Å². The molecule has 0 amide bonds. The molecule has 1 aromatic rings. The van der Waals surface area contributed by atoms with Gasteiger partial charge in [0.1, 0.15) is 0 Å². The maximum atomic E-state index is 4.55. The van der Waals surface area contributed by atoms with Gasteiger partial charge in [-0.05, 0) is 31.2 Å². The van der Waals surface area contributed by atoms with Crippen LogP contribution in [0.2, 0.25) is 0 Å². The third-order valence-corrected chi connectivity index (χ3v) is 3.28. The zero-order valence-electron chi connectivity index (χ0n) is 12.9. The van der Waals surface area contributed by atoms with Crippen molar-refractivity contribution >= 4 is 0 Å². The summed E-state index contributed by atoms with van der Waals surface area (Å²) in [6.45, 7) is 12.3. The molecule has 1 N–H and O–H groups in total. The molecule has 0 bridgehead atoms. The minimum Gasteiger partial charge on any atom is -0.310 e. The molecule has 0 saturated heterocycles. The highest BCUT2D eigenvalue weighted by atomic mass is 15.3. The Labute approximate surface area is 112 Å². The summed E-state index contributed by atoms with van der Waals surface area (Å²) < 4.78 is 1.94. The van der Waals surface area contributed by atoms with Gasteiger partial charge in [0.25, 0.3) is 0 Å². The van der Waals surface area contributed by atoms with Crippen LogP contribution in [-0.2, 0) is 13.5 Å². The first-order chi connectivity index (χ1) is 8.37. The van der Waals surface area contributed by atoms with Crippen molar-refractivity contribution in [2.24, 2.45) is 12.5 Å². The second-order valence-corrected chi connectivity index (χ2v) is 6.27. The van der Waals surface area contributed by atoms with Gasteiger partial charge in [-0.3, -0.25) is 4.68 Å². The Balaban J connectivity index is 2.82. The molecule has 18 heavy (non-hydrogen) atoms. The first-order valence-electron chi connectivity index (χ1n) is 7.13. The normalized spacial score (nSPS) is 13.9. The Kier molecular flexibility index (Phi) is 5.39. The third-order valence-electron chi connectivity index (χ3n) is 3.28. The molecule has 104 valence electrons. The molecule has 3 heteroatoms. The van der Waals surface area contributed by atoms with Crippen LogP contribution >= 0.6 is 0 Å². The predicted molar refractivity (Wildman–Crippen MR) is 77.7 cm³/mol. The monoisotopic (exact) mass is 251 g/mol. The number of nitrogens with one attached hydrogen (secondary N) is 1. The van der Waals surface area contributed by atoms with E-state index in [4.69, 9.17) is 0 Å². The van der Waals surface area contributed by atoms with Gasteiger partial charge in [0, 0.05) is 24.8 Å². The van der Waals surface area contributed by atoms with Gasteiger partial charge in [0.15, 0.2) is 0 Å². The lowest BCUT2D eigenvalue weighted by atomic mass is 9.87. The Morgan fingerprint density at radius 2 is 2.00 bits per heavy atom. The van der Waals surface area contributed by atoms with Crippen molar-refractivity contribution in [3.05, 3.63) is 17.5 Å². The van der Waals surface area contributed by atoms with Crippen LogP contribution in [0, 0.1) is 5.41 Å². The summed E-state index contributed by atoms with van der Waals surface area (Å²) in [5.74, 6) is 0. The maximum absolute atomic E-state index is 4.55. The molecular weight excluding hydrogens is 222 g/mol. The van der Waals surface area contributed by atoms with Crippen molar-refractivity contribution < 1.29 is 0 Å². The topological polar surface area (TPSA) is 29.9 Å². The predicted octanol–water partition coefficient (Wildman–Crippen LogP) is 3.46. The molecule has 1 heterocycles. The quantitative estimate of drug-likeness (QED) is 0.839. The number of aryl methyl sites for hydroxylation is 2. The van der Waals surface area contributed by atoms with Crippen molar-refractivity contribution in [1.82, 2.24) is 15.1 Å². The second kappa shape index (κ2) is 6.37. The van der Waals surface area contributed by atoms with Crippen LogP contribution in [0.5, 0.6) is 0 Å². The lowest BCUT2D eigenvalue weighted by Crippen LogP contribution is -2.23. The van der Waals surface area contributed by atoms with Gasteiger partial charge in [-0.1, -0.05) is 34.6 Å². The number of nitrogens with zero attached hydrogens (tertiary/aromatic N) is 2. The molecule has 0 aliphatic carbocycles. The van der Waals surface area contributed by atoms with Gasteiger partial charge in [0.2, 0.25) is 0 Å². The van der Waals surface area contributed by atoms with Crippen molar-refractivity contribution in [2.75, 3.05) is 6.54 Å². The molecular formula is C15H29N3. The fraction of sp³-hybridized carbons (Fsp3) is 0.800. The van der Waals surface area contributed by atoms with Gasteiger partial charge in [-0.25, -0.2) is 0 Å². The number of hydrogen-bond donors (Lipinski definition) is 1. The van der Waals surface area contributed by atoms with E-state index in [2.05, 4.69) is 51.2 Å². The van der Waals surface area contributed by atoms with Crippen molar-refractivity contribution in [3.8, 4) is 0 Å². The highest BCUT2D eigenvalue weighted by molar-refractivity contribution is 5.21. The van der Waals surface area contributed by atoms with Crippen molar-refractivity contribution in [3.63, 3.8) is 0 Å². The summed E-state index contributed by atoms with van der Waals surface area (Å²) in [6.07, 6.45) is 5.58. The van der Waals surface area contributed by atoms with Crippen LogP contribution in [-0.4, -0.2) is 16.3 Å². The average molecular weight is 251 g/mol. The van der Waals surface area contributed by atoms with E-state index in [9.17, 15) is 0 Å². The SMILES string of the molecule is CCNC(CCC(C)(C)C)c1cn(C)nc1CC. The van der Waals surface area contributed by atoms with Crippen LogP contribution in [0.1, 0.15) is 64.8 Å². The zero-order valence-corrected chi connectivity index (χ0v) is 12.9. The Morgan fingerprint density at radius 1 is 1.33 bits per heavy atom. The van der Waals surface area contributed by atoms with E-state index in [0.29, 0.717) is 11.5 Å². The summed E-state index contributed by atoms with van der Waals surface area (Å²) in [6, 6.07) is 0.442. The number of hydrogen-bond acceptors (Lipinski definition) is 2. The van der Waals surface area contributed by atoms with Gasteiger partial charge < -0.3 is 5.32 Å². The number of rotatable bonds is 6. The fourth-order valence-electron chi connectivity index (χ4n) is 2.31. The molecule has 1 rings (SSSR count). The molecule has 0 spiro atoms. The van der Waals surface area contributed by atoms with Crippen molar-refractivity contribution in [1.29, 1.82) is 0 Å². The standard InChI is InChI=1S/C15H29N3/c1-7-13-12(11-18(6)17-13)14(16-8-2)9-10-15(3,4)5/h11,14,16H,7-10H2,1-6H3. The largest absolute Gasteiger partial charge is 0.310 e. The van der Waals surface area contributed by atoms with Gasteiger partial charge >= 0.3 is 0 Å². The third kappa shape index (κ3) is 4.45. The first kappa shape index (κ1) is 15.2. The van der Waals surface area contributed by atoms with E-state index in [1.807, 2.05) is 11.7 Å². The summed E-state index contributed by atoms with van der Waals surface area (Å²) in [5, 5.41) is 8.16. The van der Waals surface area contributed by atoms with Crippen LogP contribution in [0.15, 0.2) is 6.20 Å². The van der Waals surface area contributed by atoms with E-state index >= 15 is 0 Å². The average Bonchev–Trinajstić information content (AvgIpc) is 2.64. The minimum atomic E-state index is 0.391. The Morgan fingerprint density at radius 3 is 2.50 bits per heavy atom. The maximum Gasteiger partial charge on any atom is 0.0669 e. The van der Waals surface area contributed by atoms with E-state index in [-0.39, 0.29) is 0 Å². The van der Waals surface area contributed by atoms with E-state index in [0.717, 1.165) is 13.0 Å². The Bertz CT molecular complexity index is 360. The molecule has 0 aliphatic rings. The molecule has 3 nitrogen and oxygen atoms in total. The molecule has 0 aromatic carbocycles. The lowest BCUT2D eigenvalue weighted by molar-refractivity contribution is 0.333. The van der Waals surface area contributed by atoms with Crippen LogP contribution < -0.4 is 5.32 Å². The lowest BCUT2D eigenvalue weighted by Gasteiger charge is -2.23. The van der Waals surface area contributed by atoms with E-state index in [1.54, 1.807) is 0 Å². The van der Waals surface area contributed by atoms with Gasteiger partial charge in [-0.2, -0.15) is 5.10 Å². The molecule has 0 fully saturated rings. The van der Waals surface area contributed by atoms with E-state index in [1.165, 1.54) is 24.1 Å². The smallest absolute Gasteiger partial charge is 0.0669 e. The molecule has 1 aromatic heterocycles. The summed E-state index contributed by atoms with van der Waals surface area (Å²) in [7, 11) is 2.01. The molecule has 0 saturated carbocycles. The van der Waals surface area contributed by atoms with Crippen LogP contribution in [0.3, 0.4) is 0 Å². The molecule has 0 radical (unpaired) electrons. The summed E-state index contributed by atoms with van der Waals surface area (Å²) in [4.78, 5) is 0. The van der Waals surface area contributed by atoms with Crippen LogP contribution in [0.4, 0.5) is 0 Å². The first-order valence-corrected chi connectivity index (χ1v) is 7.13. The van der Waals surface area contributed by atoms with Gasteiger partial charge in [0.05, 0.1) is 5.69 Å².